The molecule has 0 spiro atoms. The van der Waals surface area contributed by atoms with Gasteiger partial charge in [-0.3, -0.25) is 4.79 Å². The van der Waals surface area contributed by atoms with Crippen LogP contribution < -0.4 is 5.32 Å². The van der Waals surface area contributed by atoms with E-state index in [9.17, 15) is 9.59 Å². The molecule has 1 aliphatic heterocycles. The number of esters is 1. The number of piperidine rings is 1. The Hall–Kier alpha value is -1.59. The zero-order valence-corrected chi connectivity index (χ0v) is 16.6. The summed E-state index contributed by atoms with van der Waals surface area (Å²) in [4.78, 5) is 25.6. The van der Waals surface area contributed by atoms with E-state index in [1.807, 2.05) is 6.92 Å². The van der Waals surface area contributed by atoms with Crippen molar-refractivity contribution in [2.75, 3.05) is 32.1 Å². The quantitative estimate of drug-likeness (QED) is 0.623. The van der Waals surface area contributed by atoms with Crippen LogP contribution in [0.4, 0.5) is 5.69 Å². The van der Waals surface area contributed by atoms with E-state index in [0.717, 1.165) is 36.0 Å². The van der Waals surface area contributed by atoms with Gasteiger partial charge in [0.15, 0.2) is 5.54 Å². The predicted octanol–water partition coefficient (Wildman–Crippen LogP) is 3.93. The number of hydrogen-bond acceptors (Lipinski definition) is 3. The highest BCUT2D eigenvalue weighted by molar-refractivity contribution is 6.31. The lowest BCUT2D eigenvalue weighted by molar-refractivity contribution is -0.938. The third-order valence-corrected chi connectivity index (χ3v) is 6.24. The number of likely N-dealkylation sites (tertiary alicyclic amines) is 1. The maximum absolute atomic E-state index is 13.3. The molecule has 1 aromatic rings. The second-order valence-corrected chi connectivity index (χ2v) is 8.19. The zero-order chi connectivity index (χ0) is 18.9. The summed E-state index contributed by atoms with van der Waals surface area (Å²) in [7, 11) is 2.20. The highest BCUT2D eigenvalue weighted by atomic mass is 35.5. The van der Waals surface area contributed by atoms with Crippen molar-refractivity contribution in [2.24, 2.45) is 0 Å². The summed E-state index contributed by atoms with van der Waals surface area (Å²) in [5.41, 5.74) is 1.25. The van der Waals surface area contributed by atoms with E-state index in [1.165, 1.54) is 19.3 Å². The number of amides is 1. The van der Waals surface area contributed by atoms with Crippen molar-refractivity contribution in [1.29, 1.82) is 0 Å². The molecule has 1 aliphatic carbocycles. The number of ether oxygens (including phenoxy) is 1. The summed E-state index contributed by atoms with van der Waals surface area (Å²) in [5.74, 6) is -0.450. The van der Waals surface area contributed by atoms with Gasteiger partial charge in [0.25, 0.3) is 5.91 Å². The van der Waals surface area contributed by atoms with Crippen LogP contribution >= 0.6 is 11.6 Å². The first-order chi connectivity index (χ1) is 12.3. The summed E-state index contributed by atoms with van der Waals surface area (Å²) in [5, 5.41) is 3.51. The molecule has 5 nitrogen and oxygen atoms in total. The van der Waals surface area contributed by atoms with Crippen molar-refractivity contribution in [2.45, 2.75) is 51.5 Å². The number of quaternary nitrogens is 1. The topological polar surface area (TPSA) is 55.4 Å². The molecule has 6 heteroatoms. The maximum atomic E-state index is 13.3. The van der Waals surface area contributed by atoms with Gasteiger partial charge in [0, 0.05) is 17.9 Å². The predicted molar refractivity (Wildman–Crippen MR) is 103 cm³/mol. The summed E-state index contributed by atoms with van der Waals surface area (Å²) < 4.78 is 5.95. The van der Waals surface area contributed by atoms with Crippen molar-refractivity contribution in [1.82, 2.24) is 0 Å². The molecule has 1 saturated heterocycles. The first kappa shape index (κ1) is 19.2. The van der Waals surface area contributed by atoms with Crippen LogP contribution in [0.25, 0.3) is 0 Å². The first-order valence-corrected chi connectivity index (χ1v) is 9.84. The van der Waals surface area contributed by atoms with Crippen molar-refractivity contribution < 1.29 is 18.8 Å². The van der Waals surface area contributed by atoms with Gasteiger partial charge in [-0.15, -0.1) is 0 Å². The molecular weight excluding hydrogens is 352 g/mol. The Bertz CT molecular complexity index is 722. The molecule has 142 valence electrons. The first-order valence-electron chi connectivity index (χ1n) is 9.46. The third-order valence-electron chi connectivity index (χ3n) is 6.02. The van der Waals surface area contributed by atoms with Gasteiger partial charge < -0.3 is 14.5 Å². The fourth-order valence-electron chi connectivity index (χ4n) is 4.28. The molecule has 1 saturated carbocycles. The van der Waals surface area contributed by atoms with Crippen molar-refractivity contribution in [3.63, 3.8) is 0 Å². The van der Waals surface area contributed by atoms with Crippen LogP contribution in [-0.4, -0.2) is 48.6 Å². The molecule has 1 aromatic carbocycles. The molecule has 1 N–H and O–H groups in total. The molecule has 0 aromatic heterocycles. The molecule has 26 heavy (non-hydrogen) atoms. The minimum absolute atomic E-state index is 0.0119. The number of hydrogen-bond donors (Lipinski definition) is 1. The maximum Gasteiger partial charge on any atom is 0.340 e. The van der Waals surface area contributed by atoms with E-state index in [0.29, 0.717) is 16.3 Å². The van der Waals surface area contributed by atoms with Crippen molar-refractivity contribution >= 4 is 29.2 Å². The van der Waals surface area contributed by atoms with Crippen LogP contribution in [0, 0.1) is 6.92 Å². The molecule has 3 rings (SSSR count). The van der Waals surface area contributed by atoms with Gasteiger partial charge in [-0.1, -0.05) is 11.6 Å². The van der Waals surface area contributed by atoms with Crippen LogP contribution in [0.1, 0.15) is 54.9 Å². The van der Waals surface area contributed by atoms with Gasteiger partial charge in [-0.2, -0.15) is 0 Å². The molecule has 2 aliphatic rings. The van der Waals surface area contributed by atoms with Gasteiger partial charge in [-0.05, 0) is 50.8 Å². The smallest absolute Gasteiger partial charge is 0.340 e. The van der Waals surface area contributed by atoms with Crippen molar-refractivity contribution in [3.05, 3.63) is 28.3 Å². The van der Waals surface area contributed by atoms with E-state index in [1.54, 1.807) is 19.1 Å². The van der Waals surface area contributed by atoms with E-state index in [-0.39, 0.29) is 18.1 Å². The number of rotatable bonds is 5. The van der Waals surface area contributed by atoms with E-state index in [2.05, 4.69) is 12.4 Å². The number of benzene rings is 1. The van der Waals surface area contributed by atoms with Gasteiger partial charge in [0.1, 0.15) is 0 Å². The average Bonchev–Trinajstić information content (AvgIpc) is 3.40. The van der Waals surface area contributed by atoms with Crippen LogP contribution in [0.3, 0.4) is 0 Å². The second-order valence-electron chi connectivity index (χ2n) is 7.76. The largest absolute Gasteiger partial charge is 0.462 e. The number of aryl methyl sites for hydroxylation is 1. The molecule has 1 amide bonds. The van der Waals surface area contributed by atoms with E-state index in [4.69, 9.17) is 16.3 Å². The molecule has 2 fully saturated rings. The summed E-state index contributed by atoms with van der Waals surface area (Å²) in [6.07, 6.45) is 5.38. The lowest BCUT2D eigenvalue weighted by Crippen LogP contribution is -2.61. The molecule has 0 radical (unpaired) electrons. The van der Waals surface area contributed by atoms with E-state index < -0.39 is 5.97 Å². The van der Waals surface area contributed by atoms with Gasteiger partial charge in [0.2, 0.25) is 0 Å². The van der Waals surface area contributed by atoms with Crippen LogP contribution in [0.15, 0.2) is 12.1 Å². The fraction of sp³-hybridized carbons (Fsp3) is 0.600. The van der Waals surface area contributed by atoms with Gasteiger partial charge in [-0.25, -0.2) is 4.79 Å². The minimum atomic E-state index is -0.461. The second kappa shape index (κ2) is 7.20. The minimum Gasteiger partial charge on any atom is -0.462 e. The lowest BCUT2D eigenvalue weighted by atomic mass is 10.0. The highest BCUT2D eigenvalue weighted by Crippen LogP contribution is 2.48. The standard InChI is InChI=1S/C20H27ClN2O3/c1-4-26-18(24)16-13-15(21)12-14(2)17(16)22-19(25)20(8-9-20)23(3)10-6-5-7-11-23/h12-13H,4-11H2,1-3H3/p+1. The normalized spacial score (nSPS) is 20.3. The molecule has 0 unspecified atom stereocenters. The van der Waals surface area contributed by atoms with Crippen LogP contribution in [-0.2, 0) is 9.53 Å². The number of nitrogens with one attached hydrogen (secondary N) is 1. The van der Waals surface area contributed by atoms with Gasteiger partial charge >= 0.3 is 5.97 Å². The number of anilines is 1. The number of carbonyl (C=O) groups is 2. The SMILES string of the molecule is CCOC(=O)c1cc(Cl)cc(C)c1NC(=O)C1([N+]2(C)CCCCC2)CC1. The van der Waals surface area contributed by atoms with Gasteiger partial charge in [0.05, 0.1) is 38.0 Å². The van der Waals surface area contributed by atoms with E-state index >= 15 is 0 Å². The Morgan fingerprint density at radius 2 is 1.88 bits per heavy atom. The molecule has 0 bridgehead atoms. The zero-order valence-electron chi connectivity index (χ0n) is 15.9. The van der Waals surface area contributed by atoms with Crippen LogP contribution in [0.2, 0.25) is 5.02 Å². The Morgan fingerprint density at radius 1 is 1.23 bits per heavy atom. The fourth-order valence-corrected chi connectivity index (χ4v) is 4.55. The number of nitrogens with zero attached hydrogens (tertiary/aromatic N) is 1. The van der Waals surface area contributed by atoms with Crippen molar-refractivity contribution in [3.8, 4) is 0 Å². The number of halogens is 1. The molecular formula is C20H28ClN2O3+. The number of carbonyl (C=O) groups excluding carboxylic acids is 2. The summed E-state index contributed by atoms with van der Waals surface area (Å²) in [6.45, 7) is 5.96. The summed E-state index contributed by atoms with van der Waals surface area (Å²) >= 11 is 6.13. The molecule has 0 atom stereocenters. The number of likely N-dealkylation sites (N-methyl/N-ethyl adjacent to an activating group) is 1. The Labute approximate surface area is 160 Å². The summed E-state index contributed by atoms with van der Waals surface area (Å²) in [6, 6.07) is 3.33. The Balaban J connectivity index is 1.89. The Morgan fingerprint density at radius 3 is 2.46 bits per heavy atom. The lowest BCUT2D eigenvalue weighted by Gasteiger charge is -2.44. The monoisotopic (exact) mass is 379 g/mol. The average molecular weight is 380 g/mol. The highest BCUT2D eigenvalue weighted by Gasteiger charge is 2.64. The van der Waals surface area contributed by atoms with Crippen LogP contribution in [0.5, 0.6) is 0 Å². The molecule has 1 heterocycles. The Kier molecular flexibility index (Phi) is 5.31. The third kappa shape index (κ3) is 3.35.